The van der Waals surface area contributed by atoms with Crippen LogP contribution in [0.2, 0.25) is 0 Å². The summed E-state index contributed by atoms with van der Waals surface area (Å²) in [4.78, 5) is 85.4. The van der Waals surface area contributed by atoms with E-state index in [-0.39, 0.29) is 34.1 Å². The normalized spacial score (nSPS) is 10.2. The molecule has 0 radical (unpaired) electrons. The molecule has 0 aliphatic rings. The van der Waals surface area contributed by atoms with E-state index < -0.39 is 17.1 Å². The fourth-order valence-electron chi connectivity index (χ4n) is 4.24. The maximum Gasteiger partial charge on any atom is 0.345 e. The highest BCUT2D eigenvalue weighted by Crippen LogP contribution is 2.26. The average molecular weight is 522 g/mol. The zero-order valence-electron chi connectivity index (χ0n) is 20.8. The summed E-state index contributed by atoms with van der Waals surface area (Å²) in [6.07, 6.45) is 4.30. The third-order valence-electron chi connectivity index (χ3n) is 6.20. The van der Waals surface area contributed by atoms with Gasteiger partial charge >= 0.3 is 17.1 Å². The lowest BCUT2D eigenvalue weighted by Crippen LogP contribution is -2.53. The Kier molecular flexibility index (Phi) is 7.19. The van der Waals surface area contributed by atoms with Crippen molar-refractivity contribution in [1.82, 2.24) is 13.7 Å². The van der Waals surface area contributed by atoms with Crippen LogP contribution in [-0.4, -0.2) is 31.9 Å². The molecule has 1 aromatic heterocycles. The van der Waals surface area contributed by atoms with E-state index in [1.807, 2.05) is 0 Å². The second-order valence-electron chi connectivity index (χ2n) is 8.23. The number of hydrogen-bond acceptors (Lipinski definition) is 9. The van der Waals surface area contributed by atoms with E-state index in [4.69, 9.17) is 0 Å². The van der Waals surface area contributed by atoms with Gasteiger partial charge < -0.3 is 0 Å². The molecule has 12 nitrogen and oxygen atoms in total. The summed E-state index contributed by atoms with van der Waals surface area (Å²) < 4.78 is 2.31. The Morgan fingerprint density at radius 1 is 0.487 bits per heavy atom. The molecule has 4 rings (SSSR count). The van der Waals surface area contributed by atoms with Crippen LogP contribution in [0.5, 0.6) is 0 Å². The Morgan fingerprint density at radius 3 is 0.974 bits per heavy atom. The van der Waals surface area contributed by atoms with Crippen LogP contribution in [0, 0.1) is 20.8 Å². The molecule has 0 saturated heterocycles. The monoisotopic (exact) mass is 522 g/mol. The van der Waals surface area contributed by atoms with Crippen LogP contribution in [0.3, 0.4) is 0 Å². The predicted octanol–water partition coefficient (Wildman–Crippen LogP) is 2.97. The zero-order chi connectivity index (χ0) is 28.3. The second-order valence-corrected chi connectivity index (χ2v) is 8.23. The minimum atomic E-state index is -1.02. The van der Waals surface area contributed by atoms with E-state index in [1.165, 1.54) is 72.8 Å². The van der Waals surface area contributed by atoms with Gasteiger partial charge in [-0.3, -0.25) is 0 Å². The SMILES string of the molecule is Cc1c(N=C=O)cccc1-n1c(=O)n(-c2cccc(N=C=O)c2C)c(=O)n(-c2cccc(N=C=O)c2C)c1=O. The molecule has 0 amide bonds. The van der Waals surface area contributed by atoms with Crippen LogP contribution in [0.1, 0.15) is 16.7 Å². The first kappa shape index (κ1) is 26.3. The number of hydrogen-bond donors (Lipinski definition) is 0. The van der Waals surface area contributed by atoms with E-state index in [1.54, 1.807) is 20.8 Å². The standard InChI is InChI=1S/C27H18N6O6/c1-16-19(28-13-34)7-4-10-22(16)31-25(37)32(23-11-5-8-20(17(23)2)29-14-35)27(39)33(26(31)38)24-12-6-9-21(18(24)3)30-15-36/h4-12H,1-3H3. The van der Waals surface area contributed by atoms with Gasteiger partial charge in [-0.05, 0) is 73.9 Å². The molecule has 0 atom stereocenters. The third-order valence-corrected chi connectivity index (χ3v) is 6.20. The molecule has 3 aromatic carbocycles. The Hall–Kier alpha value is -5.79. The number of aromatic nitrogens is 3. The summed E-state index contributed by atoms with van der Waals surface area (Å²) in [6, 6.07) is 13.3. The van der Waals surface area contributed by atoms with E-state index >= 15 is 0 Å². The lowest BCUT2D eigenvalue weighted by molar-refractivity contribution is 0.564. The Bertz CT molecular complexity index is 1720. The maximum atomic E-state index is 13.9. The maximum absolute atomic E-state index is 13.9. The molecule has 0 bridgehead atoms. The molecule has 0 N–H and O–H groups in total. The van der Waals surface area contributed by atoms with Crippen LogP contribution >= 0.6 is 0 Å². The van der Waals surface area contributed by atoms with E-state index in [0.29, 0.717) is 16.7 Å². The third kappa shape index (κ3) is 4.46. The number of isocyanates is 3. The largest absolute Gasteiger partial charge is 0.345 e. The first-order chi connectivity index (χ1) is 18.8. The number of nitrogens with zero attached hydrogens (tertiary/aromatic N) is 6. The fourth-order valence-corrected chi connectivity index (χ4v) is 4.24. The highest BCUT2D eigenvalue weighted by Gasteiger charge is 2.23. The van der Waals surface area contributed by atoms with Crippen molar-refractivity contribution in [2.24, 2.45) is 15.0 Å². The topological polar surface area (TPSA) is 154 Å². The van der Waals surface area contributed by atoms with Crippen LogP contribution in [0.15, 0.2) is 84.0 Å². The van der Waals surface area contributed by atoms with Crippen LogP contribution in [0.25, 0.3) is 17.1 Å². The van der Waals surface area contributed by atoms with Gasteiger partial charge in [0.15, 0.2) is 0 Å². The van der Waals surface area contributed by atoms with Gasteiger partial charge in [-0.2, -0.15) is 15.0 Å². The summed E-state index contributed by atoms with van der Waals surface area (Å²) in [7, 11) is 0. The van der Waals surface area contributed by atoms with Crippen molar-refractivity contribution in [1.29, 1.82) is 0 Å². The predicted molar refractivity (Wildman–Crippen MR) is 141 cm³/mol. The number of benzene rings is 3. The first-order valence-corrected chi connectivity index (χ1v) is 11.3. The van der Waals surface area contributed by atoms with Crippen molar-refractivity contribution in [3.8, 4) is 17.1 Å². The van der Waals surface area contributed by atoms with Gasteiger partial charge in [-0.25, -0.2) is 42.5 Å². The van der Waals surface area contributed by atoms with Gasteiger partial charge in [0.25, 0.3) is 0 Å². The Labute approximate surface area is 219 Å². The van der Waals surface area contributed by atoms with Crippen molar-refractivity contribution in [2.45, 2.75) is 20.8 Å². The van der Waals surface area contributed by atoms with Gasteiger partial charge in [-0.15, -0.1) is 0 Å². The van der Waals surface area contributed by atoms with E-state index in [9.17, 15) is 28.8 Å². The Morgan fingerprint density at radius 2 is 0.744 bits per heavy atom. The molecule has 192 valence electrons. The number of rotatable bonds is 6. The van der Waals surface area contributed by atoms with Gasteiger partial charge in [0, 0.05) is 0 Å². The molecule has 4 aromatic rings. The zero-order valence-corrected chi connectivity index (χ0v) is 20.8. The molecular formula is C27H18N6O6. The van der Waals surface area contributed by atoms with Crippen molar-refractivity contribution in [3.05, 3.63) is 103 Å². The molecule has 39 heavy (non-hydrogen) atoms. The highest BCUT2D eigenvalue weighted by molar-refractivity contribution is 5.63. The molecule has 1 heterocycles. The second kappa shape index (κ2) is 10.7. The molecule has 0 unspecified atom stereocenters. The number of aliphatic imine (C=N–C) groups is 3. The molecule has 0 spiro atoms. The summed E-state index contributed by atoms with van der Waals surface area (Å²) in [5.41, 5.74) is -1.52. The van der Waals surface area contributed by atoms with Gasteiger partial charge in [0.05, 0.1) is 34.1 Å². The van der Waals surface area contributed by atoms with E-state index in [0.717, 1.165) is 13.7 Å². The van der Waals surface area contributed by atoms with Crippen molar-refractivity contribution >= 4 is 35.3 Å². The quantitative estimate of drug-likeness (QED) is 0.280. The summed E-state index contributed by atoms with van der Waals surface area (Å²) in [5, 5.41) is 0. The minimum Gasteiger partial charge on any atom is -0.246 e. The average Bonchev–Trinajstić information content (AvgIpc) is 2.90. The Balaban J connectivity index is 2.27. The van der Waals surface area contributed by atoms with Crippen molar-refractivity contribution < 1.29 is 14.4 Å². The molecule has 0 fully saturated rings. The van der Waals surface area contributed by atoms with Crippen molar-refractivity contribution in [3.63, 3.8) is 0 Å². The molecule has 12 heteroatoms. The smallest absolute Gasteiger partial charge is 0.246 e. The summed E-state index contributed by atoms with van der Waals surface area (Å²) in [5.74, 6) is 0. The fraction of sp³-hybridized carbons (Fsp3) is 0.111. The lowest BCUT2D eigenvalue weighted by atomic mass is 10.1. The van der Waals surface area contributed by atoms with Crippen LogP contribution in [-0.2, 0) is 14.4 Å². The molecule has 0 aliphatic carbocycles. The molecular weight excluding hydrogens is 504 g/mol. The number of carbonyl (C=O) groups excluding carboxylic acids is 3. The van der Waals surface area contributed by atoms with Gasteiger partial charge in [-0.1, -0.05) is 18.2 Å². The molecule has 0 aliphatic heterocycles. The van der Waals surface area contributed by atoms with Crippen LogP contribution < -0.4 is 17.1 Å². The summed E-state index contributed by atoms with van der Waals surface area (Å²) in [6.45, 7) is 4.64. The van der Waals surface area contributed by atoms with Gasteiger partial charge in [0.1, 0.15) is 0 Å². The van der Waals surface area contributed by atoms with E-state index in [2.05, 4.69) is 15.0 Å². The van der Waals surface area contributed by atoms with Gasteiger partial charge in [0.2, 0.25) is 18.2 Å². The van der Waals surface area contributed by atoms with Crippen LogP contribution in [0.4, 0.5) is 17.1 Å². The van der Waals surface area contributed by atoms with Crippen molar-refractivity contribution in [2.75, 3.05) is 0 Å². The minimum absolute atomic E-state index is 0.0587. The summed E-state index contributed by atoms with van der Waals surface area (Å²) >= 11 is 0. The lowest BCUT2D eigenvalue weighted by Gasteiger charge is -2.18. The highest BCUT2D eigenvalue weighted by atomic mass is 16.2. The first-order valence-electron chi connectivity index (χ1n) is 11.3. The molecule has 0 saturated carbocycles.